The molecule has 0 heterocycles. The lowest BCUT2D eigenvalue weighted by Gasteiger charge is -2.31. The van der Waals surface area contributed by atoms with Crippen LogP contribution in [0.15, 0.2) is 0 Å². The van der Waals surface area contributed by atoms with Crippen LogP contribution in [0.4, 0.5) is 13.2 Å². The number of ether oxygens (including phenoxy) is 1. The van der Waals surface area contributed by atoms with Crippen molar-refractivity contribution in [3.8, 4) is 0 Å². The zero-order valence-corrected chi connectivity index (χ0v) is 10.4. The van der Waals surface area contributed by atoms with Crippen LogP contribution in [-0.2, 0) is 9.53 Å². The molecule has 1 aliphatic carbocycles. The van der Waals surface area contributed by atoms with Crippen LogP contribution in [0.1, 0.15) is 46.5 Å². The second kappa shape index (κ2) is 4.96. The van der Waals surface area contributed by atoms with Gasteiger partial charge < -0.3 is 4.74 Å². The van der Waals surface area contributed by atoms with Gasteiger partial charge in [0.05, 0.1) is 11.5 Å². The van der Waals surface area contributed by atoms with Crippen molar-refractivity contribution in [2.75, 3.05) is 0 Å². The minimum atomic E-state index is -4.15. The van der Waals surface area contributed by atoms with Crippen LogP contribution in [0.3, 0.4) is 0 Å². The fourth-order valence-corrected chi connectivity index (χ4v) is 2.34. The summed E-state index contributed by atoms with van der Waals surface area (Å²) in [5.74, 6) is -1.44. The van der Waals surface area contributed by atoms with E-state index in [0.29, 0.717) is 12.8 Å². The summed E-state index contributed by atoms with van der Waals surface area (Å²) in [6.45, 7) is 4.80. The van der Waals surface area contributed by atoms with E-state index in [1.807, 2.05) is 6.92 Å². The Balaban J connectivity index is 2.70. The van der Waals surface area contributed by atoms with Gasteiger partial charge in [-0.2, -0.15) is 13.2 Å². The molecule has 17 heavy (non-hydrogen) atoms. The van der Waals surface area contributed by atoms with Crippen LogP contribution in [0, 0.1) is 5.92 Å². The van der Waals surface area contributed by atoms with Crippen molar-refractivity contribution in [2.24, 2.45) is 5.92 Å². The summed E-state index contributed by atoms with van der Waals surface area (Å²) in [5, 5.41) is 0. The van der Waals surface area contributed by atoms with Gasteiger partial charge >= 0.3 is 6.18 Å². The van der Waals surface area contributed by atoms with Crippen molar-refractivity contribution < 1.29 is 22.7 Å². The summed E-state index contributed by atoms with van der Waals surface area (Å²) < 4.78 is 43.4. The Morgan fingerprint density at radius 1 is 1.53 bits per heavy atom. The summed E-state index contributed by atoms with van der Waals surface area (Å²) in [6.07, 6.45) is -3.81. The van der Waals surface area contributed by atoms with E-state index in [1.165, 1.54) is 6.92 Å². The Labute approximate surface area is 99.5 Å². The van der Waals surface area contributed by atoms with Crippen LogP contribution in [0.25, 0.3) is 0 Å². The summed E-state index contributed by atoms with van der Waals surface area (Å²) in [4.78, 5) is 11.1. The Morgan fingerprint density at radius 2 is 2.12 bits per heavy atom. The van der Waals surface area contributed by atoms with Gasteiger partial charge in [-0.05, 0) is 39.5 Å². The van der Waals surface area contributed by atoms with Gasteiger partial charge in [0.15, 0.2) is 5.78 Å². The molecule has 3 unspecified atom stereocenters. The van der Waals surface area contributed by atoms with Gasteiger partial charge in [-0.25, -0.2) is 0 Å². The first-order valence-electron chi connectivity index (χ1n) is 5.95. The largest absolute Gasteiger partial charge is 0.391 e. The Hall–Kier alpha value is -0.580. The predicted molar refractivity (Wildman–Crippen MR) is 57.6 cm³/mol. The monoisotopic (exact) mass is 252 g/mol. The first-order valence-corrected chi connectivity index (χ1v) is 5.95. The normalized spacial score (nSPS) is 31.5. The van der Waals surface area contributed by atoms with Gasteiger partial charge in [0, 0.05) is 0 Å². The maximum Gasteiger partial charge on any atom is 0.391 e. The summed E-state index contributed by atoms with van der Waals surface area (Å²) in [7, 11) is 0. The van der Waals surface area contributed by atoms with E-state index in [9.17, 15) is 18.0 Å². The average Bonchev–Trinajstić information content (AvgIpc) is 2.62. The molecular weight excluding hydrogens is 233 g/mol. The molecule has 100 valence electrons. The summed E-state index contributed by atoms with van der Waals surface area (Å²) in [6, 6.07) is 0. The molecule has 0 spiro atoms. The molecule has 0 aromatic heterocycles. The van der Waals surface area contributed by atoms with Crippen molar-refractivity contribution in [1.82, 2.24) is 0 Å². The maximum absolute atomic E-state index is 12.6. The highest BCUT2D eigenvalue weighted by Gasteiger charge is 2.50. The lowest BCUT2D eigenvalue weighted by atomic mass is 9.96. The zero-order valence-electron chi connectivity index (χ0n) is 10.4. The third-order valence-electron chi connectivity index (χ3n) is 3.67. The molecular formula is C12H19F3O2. The van der Waals surface area contributed by atoms with Crippen LogP contribution < -0.4 is 0 Å². The highest BCUT2D eigenvalue weighted by Crippen LogP contribution is 2.47. The molecule has 0 bridgehead atoms. The number of ketones is 1. The van der Waals surface area contributed by atoms with Crippen molar-refractivity contribution >= 4 is 5.78 Å². The van der Waals surface area contributed by atoms with E-state index in [1.54, 1.807) is 6.92 Å². The Kier molecular flexibility index (Phi) is 4.23. The Bertz CT molecular complexity index is 288. The van der Waals surface area contributed by atoms with Crippen molar-refractivity contribution in [2.45, 2.75) is 64.3 Å². The lowest BCUT2D eigenvalue weighted by molar-refractivity contribution is -0.181. The molecule has 2 nitrogen and oxygen atoms in total. The number of rotatable bonds is 4. The molecule has 0 aliphatic heterocycles. The van der Waals surface area contributed by atoms with Gasteiger partial charge in [0.1, 0.15) is 6.10 Å². The SMILES string of the molecule is CCC1(OC(C)C(C)=O)CCC(C(F)(F)F)C1. The van der Waals surface area contributed by atoms with E-state index in [-0.39, 0.29) is 18.6 Å². The number of alkyl halides is 3. The molecule has 0 amide bonds. The number of hydrogen-bond acceptors (Lipinski definition) is 2. The molecule has 0 aromatic rings. The molecule has 1 aliphatic rings. The summed E-state index contributed by atoms with van der Waals surface area (Å²) >= 11 is 0. The van der Waals surface area contributed by atoms with E-state index < -0.39 is 23.8 Å². The van der Waals surface area contributed by atoms with Crippen LogP contribution in [0.2, 0.25) is 0 Å². The molecule has 0 saturated heterocycles. The molecule has 0 radical (unpaired) electrons. The third-order valence-corrected chi connectivity index (χ3v) is 3.67. The van der Waals surface area contributed by atoms with Crippen molar-refractivity contribution in [3.05, 3.63) is 0 Å². The maximum atomic E-state index is 12.6. The first kappa shape index (κ1) is 14.5. The van der Waals surface area contributed by atoms with E-state index in [4.69, 9.17) is 4.74 Å². The first-order chi connectivity index (χ1) is 7.70. The number of hydrogen-bond donors (Lipinski definition) is 0. The molecule has 5 heteroatoms. The standard InChI is InChI=1S/C12H19F3O2/c1-4-11(17-9(3)8(2)16)6-5-10(7-11)12(13,14)15/h9-10H,4-7H2,1-3H3. The molecule has 3 atom stereocenters. The van der Waals surface area contributed by atoms with E-state index >= 15 is 0 Å². The number of carbonyl (C=O) groups is 1. The second-order valence-corrected chi connectivity index (χ2v) is 4.89. The second-order valence-electron chi connectivity index (χ2n) is 4.89. The molecule has 1 saturated carbocycles. The van der Waals surface area contributed by atoms with E-state index in [2.05, 4.69) is 0 Å². The van der Waals surface area contributed by atoms with Crippen LogP contribution in [0.5, 0.6) is 0 Å². The molecule has 1 rings (SSSR count). The highest BCUT2D eigenvalue weighted by atomic mass is 19.4. The molecule has 1 fully saturated rings. The smallest absolute Gasteiger partial charge is 0.364 e. The van der Waals surface area contributed by atoms with Crippen molar-refractivity contribution in [1.29, 1.82) is 0 Å². The molecule has 0 aromatic carbocycles. The highest BCUT2D eigenvalue weighted by molar-refractivity contribution is 5.79. The number of carbonyl (C=O) groups excluding carboxylic acids is 1. The zero-order chi connectivity index (χ0) is 13.3. The van der Waals surface area contributed by atoms with Gasteiger partial charge in [-0.3, -0.25) is 4.79 Å². The fourth-order valence-electron chi connectivity index (χ4n) is 2.34. The number of halogens is 3. The third kappa shape index (κ3) is 3.44. The Morgan fingerprint density at radius 3 is 2.47 bits per heavy atom. The topological polar surface area (TPSA) is 26.3 Å². The quantitative estimate of drug-likeness (QED) is 0.765. The van der Waals surface area contributed by atoms with Gasteiger partial charge in [0.25, 0.3) is 0 Å². The fraction of sp³-hybridized carbons (Fsp3) is 0.917. The van der Waals surface area contributed by atoms with Crippen LogP contribution >= 0.6 is 0 Å². The lowest BCUT2D eigenvalue weighted by Crippen LogP contribution is -2.36. The van der Waals surface area contributed by atoms with E-state index in [0.717, 1.165) is 0 Å². The van der Waals surface area contributed by atoms with Gasteiger partial charge in [-0.15, -0.1) is 0 Å². The van der Waals surface area contributed by atoms with Gasteiger partial charge in [-0.1, -0.05) is 6.92 Å². The minimum absolute atomic E-state index is 0.0232. The minimum Gasteiger partial charge on any atom is -0.364 e. The number of Topliss-reactive ketones (excluding diaryl/α,β-unsaturated/α-hetero) is 1. The van der Waals surface area contributed by atoms with Crippen molar-refractivity contribution in [3.63, 3.8) is 0 Å². The van der Waals surface area contributed by atoms with Crippen LogP contribution in [-0.4, -0.2) is 23.7 Å². The predicted octanol–water partition coefficient (Wildman–Crippen LogP) is 3.49. The average molecular weight is 252 g/mol. The van der Waals surface area contributed by atoms with Gasteiger partial charge in [0.2, 0.25) is 0 Å². The molecule has 0 N–H and O–H groups in total. The summed E-state index contributed by atoms with van der Waals surface area (Å²) in [5.41, 5.74) is -0.773.